The summed E-state index contributed by atoms with van der Waals surface area (Å²) in [7, 11) is 0. The van der Waals surface area contributed by atoms with Crippen molar-refractivity contribution in [2.75, 3.05) is 5.75 Å². The second kappa shape index (κ2) is 6.00. The van der Waals surface area contributed by atoms with E-state index in [-0.39, 0.29) is 11.5 Å². The van der Waals surface area contributed by atoms with E-state index in [1.807, 2.05) is 6.07 Å². The second-order valence-corrected chi connectivity index (χ2v) is 3.95. The smallest absolute Gasteiger partial charge is 0.187 e. The number of carbonyl (C=O) groups is 1. The van der Waals surface area contributed by atoms with Crippen LogP contribution in [0.25, 0.3) is 0 Å². The maximum Gasteiger partial charge on any atom is 0.187 e. The van der Waals surface area contributed by atoms with Gasteiger partial charge >= 0.3 is 0 Å². The molecule has 5 nitrogen and oxygen atoms in total. The summed E-state index contributed by atoms with van der Waals surface area (Å²) in [6, 6.07) is 3.57. The molecule has 6 heteroatoms. The number of Topliss-reactive ketones (excluding diaryl/α,β-unsaturated/α-hetero) is 1. The zero-order chi connectivity index (χ0) is 12.0. The fraction of sp³-hybridized carbons (Fsp3) is 0.200. The molecule has 16 heavy (non-hydrogen) atoms. The van der Waals surface area contributed by atoms with Crippen molar-refractivity contribution in [2.24, 2.45) is 5.92 Å². The average molecular weight is 235 g/mol. The van der Waals surface area contributed by atoms with Crippen molar-refractivity contribution < 1.29 is 10.5 Å². The summed E-state index contributed by atoms with van der Waals surface area (Å²) < 4.78 is 0. The number of quaternary nitrogens is 1. The largest absolute Gasteiger partial charge is 0.328 e. The number of hydrogen-bond acceptors (Lipinski definition) is 5. The summed E-state index contributed by atoms with van der Waals surface area (Å²) in [6.07, 6.45) is 3.20. The first-order chi connectivity index (χ1) is 7.65. The molecule has 1 heterocycles. The molecule has 82 valence electrons. The number of aromatic nitrogens is 2. The van der Waals surface area contributed by atoms with Crippen LogP contribution in [0.1, 0.15) is 0 Å². The van der Waals surface area contributed by atoms with Crippen molar-refractivity contribution in [3.8, 4) is 6.07 Å². The summed E-state index contributed by atoms with van der Waals surface area (Å²) in [5.74, 6) is -0.910. The highest BCUT2D eigenvalue weighted by molar-refractivity contribution is 7.99. The summed E-state index contributed by atoms with van der Waals surface area (Å²) in [6.45, 7) is 3.51. The Bertz CT molecular complexity index is 426. The Kier molecular flexibility index (Phi) is 4.64. The van der Waals surface area contributed by atoms with Crippen LogP contribution < -0.4 is 5.73 Å². The normalized spacial score (nSPS) is 11.5. The number of thioether (sulfide) groups is 1. The number of rotatable bonds is 5. The molecule has 0 radical (unpaired) electrons. The van der Waals surface area contributed by atoms with E-state index in [1.54, 1.807) is 18.5 Å². The van der Waals surface area contributed by atoms with Crippen molar-refractivity contribution in [1.82, 2.24) is 9.97 Å². The molecular formula is C10H11N4OS+. The molecular weight excluding hydrogens is 224 g/mol. The lowest BCUT2D eigenvalue weighted by Gasteiger charge is -2.03. The Morgan fingerprint density at radius 2 is 2.25 bits per heavy atom. The Balaban J connectivity index is 2.54. The lowest BCUT2D eigenvalue weighted by Crippen LogP contribution is -2.51. The van der Waals surface area contributed by atoms with Gasteiger partial charge in [0.05, 0.1) is 11.8 Å². The van der Waals surface area contributed by atoms with Crippen LogP contribution in [0.2, 0.25) is 0 Å². The molecule has 0 spiro atoms. The Morgan fingerprint density at radius 1 is 1.62 bits per heavy atom. The fourth-order valence-electron chi connectivity index (χ4n) is 0.970. The number of ketones is 1. The molecule has 0 unspecified atom stereocenters. The highest BCUT2D eigenvalue weighted by Gasteiger charge is 2.22. The molecule has 0 fully saturated rings. The van der Waals surface area contributed by atoms with Gasteiger partial charge in [-0.15, -0.1) is 0 Å². The quantitative estimate of drug-likeness (QED) is 0.574. The predicted octanol–water partition coefficient (Wildman–Crippen LogP) is 0.0332. The van der Waals surface area contributed by atoms with E-state index in [9.17, 15) is 4.79 Å². The van der Waals surface area contributed by atoms with Crippen molar-refractivity contribution in [3.63, 3.8) is 0 Å². The lowest BCUT2D eigenvalue weighted by molar-refractivity contribution is -0.309. The Hall–Kier alpha value is -1.71. The number of allylic oxidation sites excluding steroid dienone is 1. The van der Waals surface area contributed by atoms with Crippen LogP contribution in [0.5, 0.6) is 0 Å². The maximum absolute atomic E-state index is 11.6. The first-order valence-electron chi connectivity index (χ1n) is 4.48. The minimum atomic E-state index is -0.837. The Morgan fingerprint density at radius 3 is 2.75 bits per heavy atom. The van der Waals surface area contributed by atoms with Crippen LogP contribution in [0.3, 0.4) is 0 Å². The van der Waals surface area contributed by atoms with Crippen molar-refractivity contribution >= 4 is 17.5 Å². The first kappa shape index (κ1) is 12.4. The van der Waals surface area contributed by atoms with E-state index in [0.717, 1.165) is 0 Å². The van der Waals surface area contributed by atoms with Crippen LogP contribution in [0.15, 0.2) is 35.9 Å². The van der Waals surface area contributed by atoms with Crippen LogP contribution in [-0.4, -0.2) is 21.5 Å². The van der Waals surface area contributed by atoms with E-state index >= 15 is 0 Å². The third kappa shape index (κ3) is 3.46. The number of carbonyl (C=O) groups excluding carboxylic acids is 1. The summed E-state index contributed by atoms with van der Waals surface area (Å²) >= 11 is 1.20. The van der Waals surface area contributed by atoms with Crippen molar-refractivity contribution in [3.05, 3.63) is 30.7 Å². The average Bonchev–Trinajstić information content (AvgIpc) is 2.28. The highest BCUT2D eigenvalue weighted by atomic mass is 32.2. The maximum atomic E-state index is 11.6. The summed E-state index contributed by atoms with van der Waals surface area (Å²) in [4.78, 5) is 19.5. The highest BCUT2D eigenvalue weighted by Crippen LogP contribution is 2.14. The molecule has 1 aromatic heterocycles. The third-order valence-corrected chi connectivity index (χ3v) is 2.64. The van der Waals surface area contributed by atoms with Gasteiger partial charge in [-0.25, -0.2) is 9.97 Å². The molecule has 3 N–H and O–H groups in total. The molecule has 0 saturated heterocycles. The molecule has 0 aliphatic heterocycles. The van der Waals surface area contributed by atoms with E-state index < -0.39 is 5.92 Å². The van der Waals surface area contributed by atoms with Gasteiger partial charge in [-0.1, -0.05) is 11.8 Å². The predicted molar refractivity (Wildman–Crippen MR) is 58.9 cm³/mol. The Labute approximate surface area is 97.4 Å². The zero-order valence-corrected chi connectivity index (χ0v) is 9.41. The molecule has 0 amide bonds. The van der Waals surface area contributed by atoms with E-state index in [4.69, 9.17) is 5.26 Å². The van der Waals surface area contributed by atoms with E-state index in [2.05, 4.69) is 22.3 Å². The first-order valence-corrected chi connectivity index (χ1v) is 5.46. The van der Waals surface area contributed by atoms with Gasteiger partial charge in [0.15, 0.2) is 16.9 Å². The lowest BCUT2D eigenvalue weighted by atomic mass is 10.1. The molecule has 1 atom stereocenters. The van der Waals surface area contributed by atoms with Gasteiger partial charge in [0.25, 0.3) is 0 Å². The summed E-state index contributed by atoms with van der Waals surface area (Å²) in [5.41, 5.74) is 3.83. The minimum Gasteiger partial charge on any atom is -0.328 e. The molecule has 0 aliphatic carbocycles. The topological polar surface area (TPSA) is 94.3 Å². The van der Waals surface area contributed by atoms with Gasteiger partial charge in [-0.3, -0.25) is 4.79 Å². The zero-order valence-electron chi connectivity index (χ0n) is 8.59. The van der Waals surface area contributed by atoms with Crippen molar-refractivity contribution in [1.29, 1.82) is 5.26 Å². The van der Waals surface area contributed by atoms with Gasteiger partial charge < -0.3 is 5.73 Å². The van der Waals surface area contributed by atoms with Crippen LogP contribution in [0, 0.1) is 17.2 Å². The monoisotopic (exact) mass is 235 g/mol. The van der Waals surface area contributed by atoms with Crippen LogP contribution in [-0.2, 0) is 4.79 Å². The fourth-order valence-corrected chi connectivity index (χ4v) is 1.68. The van der Waals surface area contributed by atoms with E-state index in [0.29, 0.717) is 10.9 Å². The molecule has 1 rings (SSSR count). The van der Waals surface area contributed by atoms with Crippen LogP contribution in [0.4, 0.5) is 0 Å². The van der Waals surface area contributed by atoms with Gasteiger partial charge in [-0.05, 0) is 12.6 Å². The number of nitriles is 1. The van der Waals surface area contributed by atoms with Gasteiger partial charge in [0.1, 0.15) is 5.70 Å². The van der Waals surface area contributed by atoms with Gasteiger partial charge in [0, 0.05) is 12.4 Å². The van der Waals surface area contributed by atoms with Gasteiger partial charge in [-0.2, -0.15) is 5.26 Å². The second-order valence-electron chi connectivity index (χ2n) is 3.01. The molecule has 0 saturated carbocycles. The SMILES string of the molecule is C=C([NH3+])[C@@H](C#N)C(=O)CSc1ncccn1. The van der Waals surface area contributed by atoms with E-state index in [1.165, 1.54) is 11.8 Å². The molecule has 0 aliphatic rings. The molecule has 1 aromatic rings. The van der Waals surface area contributed by atoms with Gasteiger partial charge in [0.2, 0.25) is 0 Å². The van der Waals surface area contributed by atoms with Crippen molar-refractivity contribution in [2.45, 2.75) is 5.16 Å². The molecule has 0 aromatic carbocycles. The van der Waals surface area contributed by atoms with Crippen LogP contribution >= 0.6 is 11.8 Å². The summed E-state index contributed by atoms with van der Waals surface area (Å²) in [5, 5.41) is 9.27. The molecule has 0 bridgehead atoms. The third-order valence-electron chi connectivity index (χ3n) is 1.74. The standard InChI is InChI=1S/C10H10N4OS/c1-7(12)8(5-11)9(15)6-16-10-13-3-2-4-14-10/h2-4,8H,1,6,12H2/p+1/t8-/m1/s1. The minimum absolute atomic E-state index is 0.150. The number of nitrogens with zero attached hydrogens (tertiary/aromatic N) is 3. The number of hydrogen-bond donors (Lipinski definition) is 1.